The SMILES string of the molecule is CNC(=O)C1C2CC(C3CCN(S(=O)(=O)c4ccccc4)CC3)CCN2NC1C(F)(F)F. The van der Waals surface area contributed by atoms with Crippen molar-refractivity contribution in [2.45, 2.75) is 48.8 Å². The van der Waals surface area contributed by atoms with Gasteiger partial charge in [-0.1, -0.05) is 18.2 Å². The largest absolute Gasteiger partial charge is 0.406 e. The average Bonchev–Trinajstić information content (AvgIpc) is 3.19. The normalized spacial score (nSPS) is 30.8. The lowest BCUT2D eigenvalue weighted by Crippen LogP contribution is -2.49. The van der Waals surface area contributed by atoms with Crippen LogP contribution >= 0.6 is 0 Å². The van der Waals surface area contributed by atoms with E-state index in [4.69, 9.17) is 0 Å². The fraction of sp³-hybridized carbons (Fsp3) is 0.667. The Hall–Kier alpha value is -1.69. The highest BCUT2D eigenvalue weighted by molar-refractivity contribution is 7.89. The molecule has 3 aliphatic heterocycles. The number of hydrazine groups is 1. The number of fused-ring (bicyclic) bond motifs is 1. The van der Waals surface area contributed by atoms with Crippen LogP contribution in [0.25, 0.3) is 0 Å². The number of piperidine rings is 2. The zero-order chi connectivity index (χ0) is 23.1. The Labute approximate surface area is 186 Å². The van der Waals surface area contributed by atoms with Gasteiger partial charge in [0.1, 0.15) is 6.04 Å². The fourth-order valence-corrected chi connectivity index (χ4v) is 7.03. The van der Waals surface area contributed by atoms with E-state index >= 15 is 0 Å². The van der Waals surface area contributed by atoms with Crippen LogP contribution in [0.5, 0.6) is 0 Å². The van der Waals surface area contributed by atoms with E-state index in [-0.39, 0.29) is 16.7 Å². The zero-order valence-corrected chi connectivity index (χ0v) is 18.7. The van der Waals surface area contributed by atoms with Crippen molar-refractivity contribution in [3.8, 4) is 0 Å². The lowest BCUT2D eigenvalue weighted by atomic mass is 9.74. The van der Waals surface area contributed by atoms with Gasteiger partial charge in [-0.2, -0.15) is 17.5 Å². The number of rotatable bonds is 4. The molecule has 3 saturated heterocycles. The number of amides is 1. The second kappa shape index (κ2) is 8.92. The highest BCUT2D eigenvalue weighted by atomic mass is 32.2. The number of sulfonamides is 1. The average molecular weight is 475 g/mol. The number of alkyl halides is 3. The van der Waals surface area contributed by atoms with Gasteiger partial charge >= 0.3 is 6.18 Å². The van der Waals surface area contributed by atoms with Crippen molar-refractivity contribution in [3.63, 3.8) is 0 Å². The molecule has 3 fully saturated rings. The third-order valence-corrected chi connectivity index (χ3v) is 9.12. The number of nitrogens with one attached hydrogen (secondary N) is 2. The standard InChI is InChI=1S/C21H29F3N4O3S/c1-25-20(29)18-17-13-15(9-12-28(17)26-19(18)21(22,23)24)14-7-10-27(11-8-14)32(30,31)16-5-3-2-4-6-16/h2-6,14-15,17-19,26H,7-13H2,1H3,(H,25,29). The predicted octanol–water partition coefficient (Wildman–Crippen LogP) is 1.98. The van der Waals surface area contributed by atoms with Gasteiger partial charge in [-0.3, -0.25) is 4.79 Å². The molecule has 3 heterocycles. The predicted molar refractivity (Wildman–Crippen MR) is 112 cm³/mol. The molecule has 32 heavy (non-hydrogen) atoms. The van der Waals surface area contributed by atoms with Crippen molar-refractivity contribution < 1.29 is 26.4 Å². The maximum atomic E-state index is 13.6. The molecule has 4 unspecified atom stereocenters. The summed E-state index contributed by atoms with van der Waals surface area (Å²) in [5.74, 6) is -1.40. The third kappa shape index (κ3) is 4.40. The van der Waals surface area contributed by atoms with Crippen molar-refractivity contribution in [2.75, 3.05) is 26.7 Å². The summed E-state index contributed by atoms with van der Waals surface area (Å²) in [6, 6.07) is 5.92. The number of hydrogen-bond acceptors (Lipinski definition) is 5. The molecule has 7 nitrogen and oxygen atoms in total. The van der Waals surface area contributed by atoms with Crippen molar-refractivity contribution in [3.05, 3.63) is 30.3 Å². The van der Waals surface area contributed by atoms with Gasteiger partial charge in [0.25, 0.3) is 0 Å². The monoisotopic (exact) mass is 474 g/mol. The first-order valence-corrected chi connectivity index (χ1v) is 12.4. The second-order valence-corrected chi connectivity index (χ2v) is 10.8. The maximum Gasteiger partial charge on any atom is 0.406 e. The van der Waals surface area contributed by atoms with Gasteiger partial charge in [0.15, 0.2) is 0 Å². The summed E-state index contributed by atoms with van der Waals surface area (Å²) in [6.45, 7) is 1.24. The minimum Gasteiger partial charge on any atom is -0.359 e. The summed E-state index contributed by atoms with van der Waals surface area (Å²) < 4.78 is 67.9. The van der Waals surface area contributed by atoms with E-state index in [9.17, 15) is 26.4 Å². The minimum atomic E-state index is -4.51. The van der Waals surface area contributed by atoms with Crippen molar-refractivity contribution in [1.82, 2.24) is 20.1 Å². The highest BCUT2D eigenvalue weighted by Gasteiger charge is 2.58. The molecule has 0 aliphatic carbocycles. The number of carbonyl (C=O) groups is 1. The summed E-state index contributed by atoms with van der Waals surface area (Å²) in [5.41, 5.74) is 2.53. The fourth-order valence-electron chi connectivity index (χ4n) is 5.53. The molecule has 11 heteroatoms. The van der Waals surface area contributed by atoms with Gasteiger partial charge < -0.3 is 5.32 Å². The van der Waals surface area contributed by atoms with E-state index < -0.39 is 40.1 Å². The molecule has 0 bridgehead atoms. The van der Waals surface area contributed by atoms with E-state index in [0.29, 0.717) is 38.9 Å². The summed E-state index contributed by atoms with van der Waals surface area (Å²) in [5, 5.41) is 3.98. The Kier molecular flexibility index (Phi) is 6.54. The van der Waals surface area contributed by atoms with Crippen LogP contribution in [-0.2, 0) is 14.8 Å². The molecule has 1 aromatic carbocycles. The van der Waals surface area contributed by atoms with Gasteiger partial charge in [-0.15, -0.1) is 0 Å². The van der Waals surface area contributed by atoms with Crippen LogP contribution < -0.4 is 10.7 Å². The zero-order valence-electron chi connectivity index (χ0n) is 17.9. The lowest BCUT2D eigenvalue weighted by molar-refractivity contribution is -0.169. The molecule has 0 saturated carbocycles. The van der Waals surface area contributed by atoms with Crippen LogP contribution in [0, 0.1) is 17.8 Å². The van der Waals surface area contributed by atoms with Crippen LogP contribution in [0.15, 0.2) is 35.2 Å². The molecule has 0 spiro atoms. The van der Waals surface area contributed by atoms with Crippen LogP contribution in [0.3, 0.4) is 0 Å². The van der Waals surface area contributed by atoms with E-state index in [1.165, 1.54) is 11.4 Å². The van der Waals surface area contributed by atoms with Gasteiger partial charge in [0.05, 0.1) is 10.8 Å². The van der Waals surface area contributed by atoms with Gasteiger partial charge in [0.2, 0.25) is 15.9 Å². The van der Waals surface area contributed by atoms with E-state index in [1.807, 2.05) is 0 Å². The van der Waals surface area contributed by atoms with E-state index in [2.05, 4.69) is 10.7 Å². The maximum absolute atomic E-state index is 13.6. The van der Waals surface area contributed by atoms with Crippen molar-refractivity contribution in [2.24, 2.45) is 17.8 Å². The van der Waals surface area contributed by atoms with Crippen LogP contribution in [0.4, 0.5) is 13.2 Å². The van der Waals surface area contributed by atoms with Crippen LogP contribution in [0.1, 0.15) is 25.7 Å². The summed E-state index contributed by atoms with van der Waals surface area (Å²) in [7, 11) is -2.18. The Balaban J connectivity index is 1.42. The minimum absolute atomic E-state index is 0.166. The molecule has 0 radical (unpaired) electrons. The third-order valence-electron chi connectivity index (χ3n) is 7.21. The molecule has 178 valence electrons. The summed E-state index contributed by atoms with van der Waals surface area (Å²) in [4.78, 5) is 12.6. The quantitative estimate of drug-likeness (QED) is 0.698. The van der Waals surface area contributed by atoms with Gasteiger partial charge in [-0.25, -0.2) is 18.9 Å². The van der Waals surface area contributed by atoms with Gasteiger partial charge in [-0.05, 0) is 49.7 Å². The Bertz CT molecular complexity index is 920. The number of benzene rings is 1. The Morgan fingerprint density at radius 1 is 1.06 bits per heavy atom. The molecule has 2 N–H and O–H groups in total. The number of hydrogen-bond donors (Lipinski definition) is 2. The van der Waals surface area contributed by atoms with Crippen LogP contribution in [0.2, 0.25) is 0 Å². The molecule has 1 amide bonds. The molecule has 4 atom stereocenters. The van der Waals surface area contributed by atoms with E-state index in [1.54, 1.807) is 35.3 Å². The Morgan fingerprint density at radius 2 is 1.69 bits per heavy atom. The summed E-state index contributed by atoms with van der Waals surface area (Å²) >= 11 is 0. The summed E-state index contributed by atoms with van der Waals surface area (Å²) in [6.07, 6.45) is -1.95. The van der Waals surface area contributed by atoms with Crippen molar-refractivity contribution >= 4 is 15.9 Å². The lowest BCUT2D eigenvalue weighted by Gasteiger charge is -2.42. The topological polar surface area (TPSA) is 81.8 Å². The number of halogens is 3. The van der Waals surface area contributed by atoms with E-state index in [0.717, 1.165) is 6.42 Å². The highest BCUT2D eigenvalue weighted by Crippen LogP contribution is 2.43. The molecular weight excluding hydrogens is 445 g/mol. The Morgan fingerprint density at radius 3 is 2.28 bits per heavy atom. The van der Waals surface area contributed by atoms with Crippen LogP contribution in [-0.4, -0.2) is 68.6 Å². The smallest absolute Gasteiger partial charge is 0.359 e. The molecule has 1 aromatic rings. The van der Waals surface area contributed by atoms with Crippen molar-refractivity contribution in [1.29, 1.82) is 0 Å². The first-order chi connectivity index (χ1) is 15.1. The molecule has 3 aliphatic rings. The number of nitrogens with zero attached hydrogens (tertiary/aromatic N) is 2. The molecule has 4 rings (SSSR count). The second-order valence-electron chi connectivity index (χ2n) is 8.89. The first-order valence-electron chi connectivity index (χ1n) is 11.0. The van der Waals surface area contributed by atoms with Gasteiger partial charge in [0, 0.05) is 32.7 Å². The number of carbonyl (C=O) groups excluding carboxylic acids is 1. The molecule has 0 aromatic heterocycles. The first kappa shape index (κ1) is 23.5. The molecular formula is C21H29F3N4O3S.